The third-order valence-electron chi connectivity index (χ3n) is 1.08. The number of thiocarbonyl (C=S) groups is 1. The van der Waals surface area contributed by atoms with Crippen molar-refractivity contribution in [1.29, 1.82) is 0 Å². The van der Waals surface area contributed by atoms with Crippen molar-refractivity contribution >= 4 is 57.3 Å². The van der Waals surface area contributed by atoms with E-state index in [-0.39, 0.29) is 0 Å². The first-order valence-corrected chi connectivity index (χ1v) is 4.63. The van der Waals surface area contributed by atoms with Crippen molar-refractivity contribution in [3.63, 3.8) is 0 Å². The predicted molar refractivity (Wildman–Crippen MR) is 58.9 cm³/mol. The quantitative estimate of drug-likeness (QED) is 0.437. The molecule has 1 nitrogen and oxygen atoms in total. The Morgan fingerprint density at radius 3 is 2.82 bits per heavy atom. The molecule has 0 saturated heterocycles. The van der Waals surface area contributed by atoms with E-state index in [2.05, 4.69) is 45.0 Å². The van der Waals surface area contributed by atoms with Crippen molar-refractivity contribution in [2.75, 3.05) is 0 Å². The van der Waals surface area contributed by atoms with Crippen LogP contribution in [0.2, 0.25) is 5.02 Å². The molecule has 1 rings (SSSR count). The number of rotatable bonds is 1. The normalized spacial score (nSPS) is 8.91. The second-order valence-electron chi connectivity index (χ2n) is 1.80. The monoisotopic (exact) mass is 295 g/mol. The molecule has 0 heterocycles. The van der Waals surface area contributed by atoms with Gasteiger partial charge >= 0.3 is 0 Å². The zero-order chi connectivity index (χ0) is 8.27. The maximum Gasteiger partial charge on any atom is 0.0755 e. The average Bonchev–Trinajstić information content (AvgIpc) is 1.98. The third-order valence-corrected chi connectivity index (χ3v) is 2.74. The van der Waals surface area contributed by atoms with Gasteiger partial charge in [-0.05, 0) is 53.0 Å². The van der Waals surface area contributed by atoms with E-state index in [4.69, 9.17) is 11.6 Å². The average molecular weight is 296 g/mol. The lowest BCUT2D eigenvalue weighted by Gasteiger charge is -1.94. The van der Waals surface area contributed by atoms with Crippen LogP contribution in [0, 0.1) is 3.57 Å². The number of aliphatic imine (C=N–C) groups is 1. The molecule has 11 heavy (non-hydrogen) atoms. The standard InChI is InChI=1S/C7H3ClINS/c8-6-3-5(10-4-11)1-2-7(6)9/h1-3H. The highest BCUT2D eigenvalue weighted by atomic mass is 127. The molecule has 0 amide bonds. The van der Waals surface area contributed by atoms with E-state index in [0.717, 1.165) is 9.26 Å². The van der Waals surface area contributed by atoms with Gasteiger partial charge in [-0.25, -0.2) is 0 Å². The number of benzene rings is 1. The van der Waals surface area contributed by atoms with Crippen LogP contribution in [0.3, 0.4) is 0 Å². The molecule has 56 valence electrons. The van der Waals surface area contributed by atoms with E-state index in [0.29, 0.717) is 5.02 Å². The minimum absolute atomic E-state index is 0.692. The molecule has 0 aliphatic rings. The first kappa shape index (κ1) is 9.13. The molecule has 0 fully saturated rings. The predicted octanol–water partition coefficient (Wildman–Crippen LogP) is 3.68. The smallest absolute Gasteiger partial charge is 0.0755 e. The van der Waals surface area contributed by atoms with Crippen LogP contribution in [0.1, 0.15) is 0 Å². The van der Waals surface area contributed by atoms with Crippen LogP contribution in [0.5, 0.6) is 0 Å². The Hall–Kier alpha value is 0.0400. The van der Waals surface area contributed by atoms with Crippen LogP contribution < -0.4 is 0 Å². The van der Waals surface area contributed by atoms with Gasteiger partial charge in [0.1, 0.15) is 0 Å². The summed E-state index contributed by atoms with van der Waals surface area (Å²) in [5.41, 5.74) is 0.741. The van der Waals surface area contributed by atoms with E-state index in [9.17, 15) is 0 Å². The Morgan fingerprint density at radius 2 is 2.27 bits per heavy atom. The van der Waals surface area contributed by atoms with E-state index >= 15 is 0 Å². The topological polar surface area (TPSA) is 12.4 Å². The van der Waals surface area contributed by atoms with Gasteiger partial charge in [-0.2, -0.15) is 4.99 Å². The Morgan fingerprint density at radius 1 is 1.55 bits per heavy atom. The zero-order valence-electron chi connectivity index (χ0n) is 5.34. The summed E-state index contributed by atoms with van der Waals surface area (Å²) in [6, 6.07) is 5.48. The molecule has 0 spiro atoms. The van der Waals surface area contributed by atoms with Gasteiger partial charge in [0, 0.05) is 3.57 Å². The Labute approximate surface area is 88.6 Å². The zero-order valence-corrected chi connectivity index (χ0v) is 9.07. The van der Waals surface area contributed by atoms with Crippen LogP contribution in [-0.4, -0.2) is 5.16 Å². The van der Waals surface area contributed by atoms with Crippen LogP contribution >= 0.6 is 46.4 Å². The van der Waals surface area contributed by atoms with Gasteiger partial charge in [0.15, 0.2) is 0 Å². The maximum atomic E-state index is 5.82. The number of hydrogen-bond donors (Lipinski definition) is 0. The largest absolute Gasteiger partial charge is 0.195 e. The fourth-order valence-electron chi connectivity index (χ4n) is 0.607. The molecule has 1 aromatic rings. The first-order chi connectivity index (χ1) is 5.24. The number of isothiocyanates is 1. The molecule has 1 aromatic carbocycles. The van der Waals surface area contributed by atoms with Gasteiger partial charge in [0.05, 0.1) is 15.9 Å². The SMILES string of the molecule is S=C=Nc1ccc(I)c(Cl)c1. The molecule has 0 aromatic heterocycles. The highest BCUT2D eigenvalue weighted by Gasteiger charge is 1.95. The van der Waals surface area contributed by atoms with E-state index in [1.807, 2.05) is 12.1 Å². The lowest BCUT2D eigenvalue weighted by Crippen LogP contribution is -1.71. The summed E-state index contributed by atoms with van der Waals surface area (Å²) >= 11 is 12.4. The van der Waals surface area contributed by atoms with Gasteiger partial charge in [-0.15, -0.1) is 0 Å². The van der Waals surface area contributed by atoms with Crippen LogP contribution in [0.25, 0.3) is 0 Å². The second kappa shape index (κ2) is 4.16. The van der Waals surface area contributed by atoms with Crippen molar-refractivity contribution < 1.29 is 0 Å². The minimum atomic E-state index is 0.692. The van der Waals surface area contributed by atoms with Gasteiger partial charge < -0.3 is 0 Å². The molecule has 0 aliphatic carbocycles. The molecule has 0 unspecified atom stereocenters. The highest BCUT2D eigenvalue weighted by molar-refractivity contribution is 14.1. The Balaban J connectivity index is 3.14. The molecule has 0 N–H and O–H groups in total. The minimum Gasteiger partial charge on any atom is -0.195 e. The summed E-state index contributed by atoms with van der Waals surface area (Å²) in [5, 5.41) is 2.97. The molecule has 0 aliphatic heterocycles. The van der Waals surface area contributed by atoms with E-state index < -0.39 is 0 Å². The molecule has 4 heteroatoms. The lowest BCUT2D eigenvalue weighted by atomic mass is 10.3. The summed E-state index contributed by atoms with van der Waals surface area (Å²) < 4.78 is 1.01. The van der Waals surface area contributed by atoms with E-state index in [1.165, 1.54) is 0 Å². The molecule has 0 saturated carbocycles. The summed E-state index contributed by atoms with van der Waals surface area (Å²) in [4.78, 5) is 3.79. The van der Waals surface area contributed by atoms with Gasteiger partial charge in [0.2, 0.25) is 0 Å². The molecule has 0 radical (unpaired) electrons. The first-order valence-electron chi connectivity index (χ1n) is 2.77. The fraction of sp³-hybridized carbons (Fsp3) is 0. The van der Waals surface area contributed by atoms with Gasteiger partial charge in [-0.1, -0.05) is 11.6 Å². The summed E-state index contributed by atoms with van der Waals surface area (Å²) in [5.74, 6) is 0. The second-order valence-corrected chi connectivity index (χ2v) is 3.55. The number of hydrogen-bond acceptors (Lipinski definition) is 2. The van der Waals surface area contributed by atoms with E-state index in [1.54, 1.807) is 6.07 Å². The Kier molecular flexibility index (Phi) is 3.45. The third kappa shape index (κ3) is 2.52. The summed E-state index contributed by atoms with van der Waals surface area (Å²) in [6.07, 6.45) is 0. The van der Waals surface area contributed by atoms with Gasteiger partial charge in [0.25, 0.3) is 0 Å². The van der Waals surface area contributed by atoms with Crippen molar-refractivity contribution in [2.24, 2.45) is 4.99 Å². The number of nitrogens with zero attached hydrogens (tertiary/aromatic N) is 1. The van der Waals surface area contributed by atoms with Crippen molar-refractivity contribution in [2.45, 2.75) is 0 Å². The maximum absolute atomic E-state index is 5.82. The molecular formula is C7H3ClINS. The van der Waals surface area contributed by atoms with Gasteiger partial charge in [-0.3, -0.25) is 0 Å². The Bertz CT molecular complexity index is 320. The molecule has 0 atom stereocenters. The summed E-state index contributed by atoms with van der Waals surface area (Å²) in [7, 11) is 0. The highest BCUT2D eigenvalue weighted by Crippen LogP contribution is 2.23. The van der Waals surface area contributed by atoms with Crippen molar-refractivity contribution in [1.82, 2.24) is 0 Å². The van der Waals surface area contributed by atoms with Crippen LogP contribution in [-0.2, 0) is 0 Å². The molecule has 0 bridgehead atoms. The van der Waals surface area contributed by atoms with Crippen molar-refractivity contribution in [3.05, 3.63) is 26.8 Å². The number of halogens is 2. The lowest BCUT2D eigenvalue weighted by molar-refractivity contribution is 1.53. The van der Waals surface area contributed by atoms with Crippen LogP contribution in [0.4, 0.5) is 5.69 Å². The fourth-order valence-corrected chi connectivity index (χ4v) is 1.22. The van der Waals surface area contributed by atoms with Crippen molar-refractivity contribution in [3.8, 4) is 0 Å². The molecular weight excluding hydrogens is 293 g/mol. The summed E-state index contributed by atoms with van der Waals surface area (Å²) in [6.45, 7) is 0. The van der Waals surface area contributed by atoms with Crippen LogP contribution in [0.15, 0.2) is 23.2 Å².